The van der Waals surface area contributed by atoms with Gasteiger partial charge in [0, 0.05) is 33.2 Å². The molecule has 4 nitrogen and oxygen atoms in total. The number of piperidine rings is 1. The van der Waals surface area contributed by atoms with Gasteiger partial charge in [-0.05, 0) is 56.2 Å². The van der Waals surface area contributed by atoms with Crippen molar-refractivity contribution in [2.45, 2.75) is 45.6 Å². The molecule has 0 spiro atoms. The van der Waals surface area contributed by atoms with E-state index in [4.69, 9.17) is 4.74 Å². The average Bonchev–Trinajstić information content (AvgIpc) is 2.65. The predicted molar refractivity (Wildman–Crippen MR) is 110 cm³/mol. The molecule has 1 aromatic carbocycles. The number of carbonyl (C=O) groups is 1. The summed E-state index contributed by atoms with van der Waals surface area (Å²) in [4.78, 5) is 15.0. The summed E-state index contributed by atoms with van der Waals surface area (Å²) in [6.45, 7) is 6.70. The fourth-order valence-electron chi connectivity index (χ4n) is 3.58. The van der Waals surface area contributed by atoms with Gasteiger partial charge in [-0.25, -0.2) is 0 Å². The van der Waals surface area contributed by atoms with Crippen molar-refractivity contribution >= 4 is 18.3 Å². The first kappa shape index (κ1) is 22.9. The van der Waals surface area contributed by atoms with Crippen LogP contribution in [-0.2, 0) is 16.1 Å². The van der Waals surface area contributed by atoms with Crippen LogP contribution in [0.15, 0.2) is 30.3 Å². The Morgan fingerprint density at radius 1 is 1.31 bits per heavy atom. The Balaban J connectivity index is 0.00000338. The quantitative estimate of drug-likeness (QED) is 0.624. The lowest BCUT2D eigenvalue weighted by Gasteiger charge is -2.30. The summed E-state index contributed by atoms with van der Waals surface area (Å²) in [5.74, 6) is 1.36. The zero-order valence-electron chi connectivity index (χ0n) is 16.3. The number of amides is 1. The van der Waals surface area contributed by atoms with E-state index in [1.807, 2.05) is 23.1 Å². The number of ether oxygens (including phenoxy) is 1. The van der Waals surface area contributed by atoms with Crippen molar-refractivity contribution in [3.8, 4) is 0 Å². The van der Waals surface area contributed by atoms with Crippen LogP contribution >= 0.6 is 12.4 Å². The highest BCUT2D eigenvalue weighted by Crippen LogP contribution is 2.23. The van der Waals surface area contributed by atoms with E-state index in [0.717, 1.165) is 39.1 Å². The van der Waals surface area contributed by atoms with Crippen LogP contribution in [0.5, 0.6) is 0 Å². The molecule has 0 saturated carbocycles. The highest BCUT2D eigenvalue weighted by Gasteiger charge is 2.24. The number of hydrogen-bond acceptors (Lipinski definition) is 3. The molecule has 5 heteroatoms. The monoisotopic (exact) mass is 382 g/mol. The summed E-state index contributed by atoms with van der Waals surface area (Å²) in [6.07, 6.45) is 5.12. The molecule has 0 bridgehead atoms. The molecule has 1 aliphatic heterocycles. The smallest absolute Gasteiger partial charge is 0.223 e. The topological polar surface area (TPSA) is 41.6 Å². The third-order valence-corrected chi connectivity index (χ3v) is 5.23. The second kappa shape index (κ2) is 13.1. The Labute approximate surface area is 165 Å². The summed E-state index contributed by atoms with van der Waals surface area (Å²) in [5, 5.41) is 3.47. The van der Waals surface area contributed by atoms with E-state index in [9.17, 15) is 4.79 Å². The SMILES string of the molecule is COCCCCN(Cc1ccccc1)C(=O)CC(C)C1CCCNC1.Cl. The number of benzene rings is 1. The molecule has 2 rings (SSSR count). The standard InChI is InChI=1S/C21H34N2O2.ClH/c1-18(20-11-8-12-22-16-20)15-21(24)23(13-6-7-14-25-2)17-19-9-4-3-5-10-19;/h3-5,9-10,18,20,22H,6-8,11-17H2,1-2H3;1H. The Kier molecular flexibility index (Phi) is 11.6. The van der Waals surface area contributed by atoms with Crippen LogP contribution in [0.25, 0.3) is 0 Å². The molecule has 26 heavy (non-hydrogen) atoms. The summed E-state index contributed by atoms with van der Waals surface area (Å²) in [7, 11) is 1.73. The normalized spacial score (nSPS) is 18.0. The van der Waals surface area contributed by atoms with Crippen LogP contribution < -0.4 is 5.32 Å². The molecule has 2 atom stereocenters. The van der Waals surface area contributed by atoms with E-state index in [-0.39, 0.29) is 12.4 Å². The zero-order chi connectivity index (χ0) is 17.9. The van der Waals surface area contributed by atoms with Crippen LogP contribution in [0.1, 0.15) is 44.6 Å². The van der Waals surface area contributed by atoms with Crippen molar-refractivity contribution in [1.82, 2.24) is 10.2 Å². The lowest BCUT2D eigenvalue weighted by molar-refractivity contribution is -0.133. The molecule has 1 aliphatic rings. The first-order valence-corrected chi connectivity index (χ1v) is 9.72. The Hall–Kier alpha value is -1.10. The van der Waals surface area contributed by atoms with Crippen molar-refractivity contribution in [1.29, 1.82) is 0 Å². The van der Waals surface area contributed by atoms with Gasteiger partial charge in [0.1, 0.15) is 0 Å². The van der Waals surface area contributed by atoms with E-state index in [0.29, 0.717) is 30.7 Å². The number of nitrogens with zero attached hydrogens (tertiary/aromatic N) is 1. The zero-order valence-corrected chi connectivity index (χ0v) is 17.1. The van der Waals surface area contributed by atoms with E-state index in [2.05, 4.69) is 24.4 Å². The second-order valence-corrected chi connectivity index (χ2v) is 7.29. The predicted octanol–water partition coefficient (Wildman–Crippen LogP) is 3.89. The number of halogens is 1. The van der Waals surface area contributed by atoms with E-state index in [1.165, 1.54) is 18.4 Å². The number of methoxy groups -OCH3 is 1. The van der Waals surface area contributed by atoms with Crippen LogP contribution in [0.3, 0.4) is 0 Å². The molecule has 1 amide bonds. The summed E-state index contributed by atoms with van der Waals surface area (Å²) in [6, 6.07) is 10.3. The molecule has 2 unspecified atom stereocenters. The Bertz CT molecular complexity index is 492. The van der Waals surface area contributed by atoms with Crippen molar-refractivity contribution in [2.75, 3.05) is 33.4 Å². The van der Waals surface area contributed by atoms with Gasteiger partial charge < -0.3 is 15.0 Å². The molecule has 0 radical (unpaired) electrons. The number of rotatable bonds is 10. The average molecular weight is 383 g/mol. The summed E-state index contributed by atoms with van der Waals surface area (Å²) < 4.78 is 5.14. The molecular formula is C21H35ClN2O2. The lowest BCUT2D eigenvalue weighted by atomic mass is 9.85. The number of hydrogen-bond donors (Lipinski definition) is 1. The molecule has 0 aliphatic carbocycles. The van der Waals surface area contributed by atoms with Gasteiger partial charge in [0.2, 0.25) is 5.91 Å². The van der Waals surface area contributed by atoms with Crippen LogP contribution in [0.4, 0.5) is 0 Å². The van der Waals surface area contributed by atoms with Gasteiger partial charge in [-0.15, -0.1) is 12.4 Å². The van der Waals surface area contributed by atoms with Gasteiger partial charge in [0.15, 0.2) is 0 Å². The molecule has 1 fully saturated rings. The summed E-state index contributed by atoms with van der Waals surface area (Å²) in [5.41, 5.74) is 1.20. The highest BCUT2D eigenvalue weighted by atomic mass is 35.5. The number of carbonyl (C=O) groups excluding carboxylic acids is 1. The highest BCUT2D eigenvalue weighted by molar-refractivity contribution is 5.85. The van der Waals surface area contributed by atoms with Crippen LogP contribution in [0.2, 0.25) is 0 Å². The molecule has 1 N–H and O–H groups in total. The van der Waals surface area contributed by atoms with Crippen molar-refractivity contribution in [3.05, 3.63) is 35.9 Å². The summed E-state index contributed by atoms with van der Waals surface area (Å²) >= 11 is 0. The Morgan fingerprint density at radius 3 is 2.73 bits per heavy atom. The third-order valence-electron chi connectivity index (χ3n) is 5.23. The van der Waals surface area contributed by atoms with E-state index in [1.54, 1.807) is 7.11 Å². The first-order valence-electron chi connectivity index (χ1n) is 9.72. The van der Waals surface area contributed by atoms with Crippen LogP contribution in [0, 0.1) is 11.8 Å². The minimum atomic E-state index is 0. The maximum atomic E-state index is 12.9. The first-order chi connectivity index (χ1) is 12.2. The minimum Gasteiger partial charge on any atom is -0.385 e. The third kappa shape index (κ3) is 8.07. The van der Waals surface area contributed by atoms with Gasteiger partial charge >= 0.3 is 0 Å². The van der Waals surface area contributed by atoms with Gasteiger partial charge in [-0.1, -0.05) is 37.3 Å². The maximum Gasteiger partial charge on any atom is 0.223 e. The second-order valence-electron chi connectivity index (χ2n) is 7.29. The molecule has 1 aromatic rings. The lowest BCUT2D eigenvalue weighted by Crippen LogP contribution is -2.37. The van der Waals surface area contributed by atoms with Crippen molar-refractivity contribution < 1.29 is 9.53 Å². The largest absolute Gasteiger partial charge is 0.385 e. The fourth-order valence-corrected chi connectivity index (χ4v) is 3.58. The number of nitrogens with one attached hydrogen (secondary N) is 1. The minimum absolute atomic E-state index is 0. The van der Waals surface area contributed by atoms with Crippen molar-refractivity contribution in [2.24, 2.45) is 11.8 Å². The van der Waals surface area contributed by atoms with E-state index >= 15 is 0 Å². The molecule has 0 aromatic heterocycles. The molecule has 148 valence electrons. The fraction of sp³-hybridized carbons (Fsp3) is 0.667. The maximum absolute atomic E-state index is 12.9. The van der Waals surface area contributed by atoms with Gasteiger partial charge in [0.25, 0.3) is 0 Å². The Morgan fingerprint density at radius 2 is 2.08 bits per heavy atom. The van der Waals surface area contributed by atoms with Crippen molar-refractivity contribution in [3.63, 3.8) is 0 Å². The van der Waals surface area contributed by atoms with E-state index < -0.39 is 0 Å². The molecular weight excluding hydrogens is 348 g/mol. The van der Waals surface area contributed by atoms with Crippen LogP contribution in [-0.4, -0.2) is 44.2 Å². The molecule has 1 saturated heterocycles. The van der Waals surface area contributed by atoms with Gasteiger partial charge in [-0.3, -0.25) is 4.79 Å². The van der Waals surface area contributed by atoms with Gasteiger partial charge in [-0.2, -0.15) is 0 Å². The van der Waals surface area contributed by atoms with Gasteiger partial charge in [0.05, 0.1) is 0 Å². The molecule has 1 heterocycles. The number of unbranched alkanes of at least 4 members (excludes halogenated alkanes) is 1.